The van der Waals surface area contributed by atoms with Gasteiger partial charge in [0.1, 0.15) is 6.10 Å². The van der Waals surface area contributed by atoms with E-state index in [-0.39, 0.29) is 11.5 Å². The molecule has 3 heteroatoms. The van der Waals surface area contributed by atoms with E-state index in [1.165, 1.54) is 5.56 Å². The van der Waals surface area contributed by atoms with E-state index >= 15 is 0 Å². The number of halogens is 1. The average Bonchev–Trinajstić information content (AvgIpc) is 2.48. The second-order valence-electron chi connectivity index (χ2n) is 5.59. The predicted molar refractivity (Wildman–Crippen MR) is 87.1 cm³/mol. The summed E-state index contributed by atoms with van der Waals surface area (Å²) in [4.78, 5) is 0.566. The minimum absolute atomic E-state index is 0.258. The highest BCUT2D eigenvalue weighted by Crippen LogP contribution is 2.53. The lowest BCUT2D eigenvalue weighted by Gasteiger charge is -2.52. The minimum atomic E-state index is 0.258. The summed E-state index contributed by atoms with van der Waals surface area (Å²) in [7, 11) is 1.71. The van der Waals surface area contributed by atoms with Crippen molar-refractivity contribution in [2.45, 2.75) is 57.4 Å². The van der Waals surface area contributed by atoms with Crippen LogP contribution in [0.1, 0.15) is 45.6 Å². The first kappa shape index (κ1) is 15.7. The summed E-state index contributed by atoms with van der Waals surface area (Å²) in [5, 5.41) is 0. The molecule has 0 aromatic heterocycles. The molecule has 1 aromatic carbocycles. The van der Waals surface area contributed by atoms with Crippen LogP contribution in [0, 0.1) is 5.41 Å². The van der Waals surface area contributed by atoms with Gasteiger partial charge in [-0.3, -0.25) is 0 Å². The second-order valence-corrected chi connectivity index (χ2v) is 6.69. The van der Waals surface area contributed by atoms with E-state index in [1.54, 1.807) is 7.11 Å². The molecule has 0 amide bonds. The number of methoxy groups -OCH3 is 1. The van der Waals surface area contributed by atoms with Crippen molar-refractivity contribution < 1.29 is 9.47 Å². The molecule has 1 aromatic rings. The Hall–Kier alpha value is -0.700. The van der Waals surface area contributed by atoms with Crippen LogP contribution in [-0.4, -0.2) is 18.0 Å². The number of hydrogen-bond acceptors (Lipinski definition) is 2. The number of rotatable bonds is 6. The van der Waals surface area contributed by atoms with Crippen LogP contribution >= 0.6 is 15.9 Å². The van der Waals surface area contributed by atoms with Crippen molar-refractivity contribution in [3.05, 3.63) is 23.8 Å². The molecule has 0 radical (unpaired) electrons. The van der Waals surface area contributed by atoms with Gasteiger partial charge in [0.25, 0.3) is 0 Å². The molecule has 0 aliphatic heterocycles. The Labute approximate surface area is 131 Å². The van der Waals surface area contributed by atoms with Crippen LogP contribution in [0.4, 0.5) is 0 Å². The lowest BCUT2D eigenvalue weighted by atomic mass is 9.62. The van der Waals surface area contributed by atoms with E-state index in [4.69, 9.17) is 9.47 Å². The van der Waals surface area contributed by atoms with Crippen LogP contribution in [-0.2, 0) is 6.42 Å². The number of aryl methyl sites for hydroxylation is 1. The molecule has 1 aliphatic rings. The molecule has 0 spiro atoms. The second kappa shape index (κ2) is 6.38. The molecular formula is C17H25BrO2. The first-order valence-corrected chi connectivity index (χ1v) is 8.50. The maximum atomic E-state index is 6.29. The molecule has 2 atom stereocenters. The van der Waals surface area contributed by atoms with Crippen LogP contribution in [0.3, 0.4) is 0 Å². The number of ether oxygens (including phenoxy) is 2. The summed E-state index contributed by atoms with van der Waals surface area (Å²) in [6.07, 6.45) is 4.64. The Morgan fingerprint density at radius 1 is 1.20 bits per heavy atom. The van der Waals surface area contributed by atoms with Crippen molar-refractivity contribution in [3.63, 3.8) is 0 Å². The fourth-order valence-electron chi connectivity index (χ4n) is 3.19. The van der Waals surface area contributed by atoms with Gasteiger partial charge in [0.2, 0.25) is 0 Å². The SMILES string of the molecule is CCc1ccc(OC2CC(Br)C2(CC)CC)c(OC)c1. The fourth-order valence-corrected chi connectivity index (χ4v) is 4.48. The molecule has 1 fully saturated rings. The van der Waals surface area contributed by atoms with Gasteiger partial charge in [-0.25, -0.2) is 0 Å². The summed E-state index contributed by atoms with van der Waals surface area (Å²) in [5.41, 5.74) is 1.53. The zero-order valence-electron chi connectivity index (χ0n) is 12.9. The van der Waals surface area contributed by atoms with Crippen LogP contribution < -0.4 is 9.47 Å². The van der Waals surface area contributed by atoms with Gasteiger partial charge in [0, 0.05) is 10.2 Å². The van der Waals surface area contributed by atoms with E-state index in [0.29, 0.717) is 4.83 Å². The van der Waals surface area contributed by atoms with Gasteiger partial charge < -0.3 is 9.47 Å². The van der Waals surface area contributed by atoms with Gasteiger partial charge in [-0.15, -0.1) is 0 Å². The smallest absolute Gasteiger partial charge is 0.161 e. The van der Waals surface area contributed by atoms with E-state index in [0.717, 1.165) is 37.2 Å². The Kier molecular flexibility index (Phi) is 5.00. The van der Waals surface area contributed by atoms with E-state index < -0.39 is 0 Å². The highest BCUT2D eigenvalue weighted by Gasteiger charge is 2.53. The van der Waals surface area contributed by atoms with Crippen LogP contribution in [0.5, 0.6) is 11.5 Å². The maximum absolute atomic E-state index is 6.29. The molecular weight excluding hydrogens is 316 g/mol. The molecule has 0 bridgehead atoms. The summed E-state index contributed by atoms with van der Waals surface area (Å²) >= 11 is 3.81. The van der Waals surface area contributed by atoms with Gasteiger partial charge in [-0.1, -0.05) is 42.8 Å². The zero-order chi connectivity index (χ0) is 14.8. The molecule has 2 unspecified atom stereocenters. The summed E-state index contributed by atoms with van der Waals surface area (Å²) in [5.74, 6) is 1.73. The lowest BCUT2D eigenvalue weighted by Crippen LogP contribution is -2.56. The molecule has 0 N–H and O–H groups in total. The molecule has 20 heavy (non-hydrogen) atoms. The monoisotopic (exact) mass is 340 g/mol. The van der Waals surface area contributed by atoms with Crippen molar-refractivity contribution in [1.29, 1.82) is 0 Å². The molecule has 2 nitrogen and oxygen atoms in total. The third kappa shape index (κ3) is 2.57. The summed E-state index contributed by atoms with van der Waals surface area (Å²) < 4.78 is 11.8. The van der Waals surface area contributed by atoms with Crippen molar-refractivity contribution in [3.8, 4) is 11.5 Å². The minimum Gasteiger partial charge on any atom is -0.493 e. The van der Waals surface area contributed by atoms with E-state index in [9.17, 15) is 0 Å². The standard InChI is InChI=1S/C17H25BrO2/c1-5-12-8-9-13(14(10-12)19-4)20-16-11-15(18)17(16,6-2)7-3/h8-10,15-16H,5-7,11H2,1-4H3. The summed E-state index contributed by atoms with van der Waals surface area (Å²) in [6.45, 7) is 6.66. The average molecular weight is 341 g/mol. The lowest BCUT2D eigenvalue weighted by molar-refractivity contribution is -0.0422. The highest BCUT2D eigenvalue weighted by molar-refractivity contribution is 9.09. The normalized spacial score (nSPS) is 24.1. The summed E-state index contributed by atoms with van der Waals surface area (Å²) in [6, 6.07) is 6.26. The Balaban J connectivity index is 2.18. The van der Waals surface area contributed by atoms with Gasteiger partial charge in [-0.05, 0) is 43.4 Å². The first-order valence-electron chi connectivity index (χ1n) is 7.58. The fraction of sp³-hybridized carbons (Fsp3) is 0.647. The third-order valence-corrected chi connectivity index (χ3v) is 6.19. The van der Waals surface area contributed by atoms with Crippen molar-refractivity contribution >= 4 is 15.9 Å². The third-order valence-electron chi connectivity index (χ3n) is 4.91. The van der Waals surface area contributed by atoms with Gasteiger partial charge in [0.15, 0.2) is 11.5 Å². The Bertz CT molecular complexity index is 454. The number of benzene rings is 1. The van der Waals surface area contributed by atoms with Crippen molar-refractivity contribution in [1.82, 2.24) is 0 Å². The highest BCUT2D eigenvalue weighted by atomic mass is 79.9. The Morgan fingerprint density at radius 3 is 2.40 bits per heavy atom. The van der Waals surface area contributed by atoms with E-state index in [2.05, 4.69) is 54.9 Å². The zero-order valence-corrected chi connectivity index (χ0v) is 14.5. The van der Waals surface area contributed by atoms with E-state index in [1.807, 2.05) is 0 Å². The quantitative estimate of drug-likeness (QED) is 0.680. The predicted octanol–water partition coefficient (Wildman–Crippen LogP) is 4.98. The largest absolute Gasteiger partial charge is 0.493 e. The maximum Gasteiger partial charge on any atom is 0.161 e. The molecule has 1 aliphatic carbocycles. The van der Waals surface area contributed by atoms with Crippen molar-refractivity contribution in [2.75, 3.05) is 7.11 Å². The molecule has 0 saturated heterocycles. The molecule has 0 heterocycles. The van der Waals surface area contributed by atoms with Crippen LogP contribution in [0.25, 0.3) is 0 Å². The molecule has 2 rings (SSSR count). The van der Waals surface area contributed by atoms with Gasteiger partial charge >= 0.3 is 0 Å². The molecule has 112 valence electrons. The molecule has 1 saturated carbocycles. The number of hydrogen-bond donors (Lipinski definition) is 0. The van der Waals surface area contributed by atoms with Gasteiger partial charge in [-0.2, -0.15) is 0 Å². The van der Waals surface area contributed by atoms with Crippen LogP contribution in [0.15, 0.2) is 18.2 Å². The van der Waals surface area contributed by atoms with Crippen LogP contribution in [0.2, 0.25) is 0 Å². The number of alkyl halides is 1. The topological polar surface area (TPSA) is 18.5 Å². The van der Waals surface area contributed by atoms with Crippen molar-refractivity contribution in [2.24, 2.45) is 5.41 Å². The first-order chi connectivity index (χ1) is 9.61. The van der Waals surface area contributed by atoms with Gasteiger partial charge in [0.05, 0.1) is 7.11 Å². The Morgan fingerprint density at radius 2 is 1.90 bits per heavy atom.